The molecule has 0 saturated heterocycles. The number of esters is 1. The van der Waals surface area contributed by atoms with Crippen LogP contribution in [0.1, 0.15) is 139 Å². The fourth-order valence-electron chi connectivity index (χ4n) is 7.51. The number of fused-ring (bicyclic) bond motifs is 1. The van der Waals surface area contributed by atoms with Crippen LogP contribution in [0.4, 0.5) is 0 Å². The van der Waals surface area contributed by atoms with Gasteiger partial charge in [0.05, 0.1) is 23.9 Å². The van der Waals surface area contributed by atoms with Crippen molar-refractivity contribution in [3.8, 4) is 17.2 Å². The molecule has 1 fully saturated rings. The van der Waals surface area contributed by atoms with Gasteiger partial charge in [0.1, 0.15) is 22.8 Å². The second-order valence-corrected chi connectivity index (χ2v) is 14.9. The Hall–Kier alpha value is -1.09. The quantitative estimate of drug-likeness (QED) is 0.0826. The topological polar surface area (TPSA) is 84.9 Å². The molecule has 2 aliphatic rings. The number of benzene rings is 2. The maximum Gasteiger partial charge on any atom is 1.00 e. The number of carbonyl (C=O) groups is 2. The Bertz CT molecular complexity index is 1350. The van der Waals surface area contributed by atoms with E-state index in [9.17, 15) is 14.7 Å². The van der Waals surface area contributed by atoms with Gasteiger partial charge in [-0.1, -0.05) is 85.3 Å². The molecule has 2 atom stereocenters. The largest absolute Gasteiger partial charge is 1.00 e. The van der Waals surface area contributed by atoms with Crippen molar-refractivity contribution >= 4 is 23.5 Å². The zero-order valence-corrected chi connectivity index (χ0v) is 35.0. The molecular weight excluding hydrogens is 663 g/mol. The first-order valence-electron chi connectivity index (χ1n) is 18.8. The van der Waals surface area contributed by atoms with E-state index in [1.54, 1.807) is 0 Å². The van der Waals surface area contributed by atoms with Crippen molar-refractivity contribution < 1.29 is 80.3 Å². The summed E-state index contributed by atoms with van der Waals surface area (Å²) in [6.45, 7) is 11.7. The van der Waals surface area contributed by atoms with Gasteiger partial charge in [-0.25, -0.2) is 0 Å². The summed E-state index contributed by atoms with van der Waals surface area (Å²) >= 11 is 5.87. The Kier molecular flexibility index (Phi) is 18.0. The van der Waals surface area contributed by atoms with Crippen molar-refractivity contribution in [1.82, 2.24) is 0 Å². The molecule has 0 bridgehead atoms. The number of rotatable bonds is 18. The van der Waals surface area contributed by atoms with E-state index >= 15 is 0 Å². The Morgan fingerprint density at radius 3 is 2.18 bits per heavy atom. The van der Waals surface area contributed by atoms with Crippen molar-refractivity contribution in [1.29, 1.82) is 0 Å². The molecule has 2 aromatic rings. The average Bonchev–Trinajstić information content (AvgIpc) is 3.08. The maximum atomic E-state index is 13.7. The second kappa shape index (κ2) is 20.8. The number of carbonyl (C=O) groups excluding carboxylic acids is 2. The Balaban J connectivity index is 0.00000650. The first-order valence-corrected chi connectivity index (χ1v) is 19.2. The summed E-state index contributed by atoms with van der Waals surface area (Å²) in [5.41, 5.74) is 5.32. The summed E-state index contributed by atoms with van der Waals surface area (Å²) in [6, 6.07) is 7.43. The minimum atomic E-state index is -1.27. The molecule has 0 amide bonds. The smallest absolute Gasteiger partial charge is 0.549 e. The van der Waals surface area contributed by atoms with Gasteiger partial charge in [-0.05, 0) is 87.8 Å². The number of halogens is 1. The van der Waals surface area contributed by atoms with Gasteiger partial charge in [0.2, 0.25) is 0 Å². The number of alkyl halides is 1. The van der Waals surface area contributed by atoms with Crippen molar-refractivity contribution in [2.24, 2.45) is 11.8 Å². The number of aliphatic carboxylic acids is 1. The first-order chi connectivity index (χ1) is 23.1. The van der Waals surface area contributed by atoms with Crippen LogP contribution in [0.3, 0.4) is 0 Å². The van der Waals surface area contributed by atoms with Crippen LogP contribution in [0.15, 0.2) is 24.3 Å². The van der Waals surface area contributed by atoms with Crippen LogP contribution in [0, 0.1) is 11.8 Å². The Morgan fingerprint density at radius 1 is 0.939 bits per heavy atom. The first kappa shape index (κ1) is 42.3. The van der Waals surface area contributed by atoms with Crippen LogP contribution in [0.2, 0.25) is 0 Å². The predicted molar refractivity (Wildman–Crippen MR) is 191 cm³/mol. The van der Waals surface area contributed by atoms with E-state index in [-0.39, 0.29) is 81.2 Å². The number of carboxylic acids is 1. The summed E-state index contributed by atoms with van der Waals surface area (Å²) in [5, 5.41) is 9.97. The molecule has 8 heteroatoms. The van der Waals surface area contributed by atoms with E-state index in [1.807, 2.05) is 24.3 Å². The fourth-order valence-corrected chi connectivity index (χ4v) is 7.69. The fraction of sp³-hybridized carbons (Fsp3) is 0.659. The van der Waals surface area contributed by atoms with E-state index in [0.717, 1.165) is 119 Å². The zero-order valence-electron chi connectivity index (χ0n) is 31.1. The predicted octanol–water partition coefficient (Wildman–Crippen LogP) is 5.90. The van der Waals surface area contributed by atoms with Gasteiger partial charge in [0.25, 0.3) is 0 Å². The minimum absolute atomic E-state index is 0. The molecule has 6 nitrogen and oxygen atoms in total. The van der Waals surface area contributed by atoms with Crippen LogP contribution in [-0.2, 0) is 41.7 Å². The molecule has 0 N–H and O–H groups in total. The van der Waals surface area contributed by atoms with Crippen molar-refractivity contribution in [3.63, 3.8) is 0 Å². The monoisotopic (exact) mass is 720 g/mol. The van der Waals surface area contributed by atoms with Gasteiger partial charge in [0, 0.05) is 28.7 Å². The second-order valence-electron chi connectivity index (χ2n) is 14.3. The summed E-state index contributed by atoms with van der Waals surface area (Å²) in [6.07, 6.45) is 15.9. The third-order valence-corrected chi connectivity index (χ3v) is 10.9. The summed E-state index contributed by atoms with van der Waals surface area (Å²) in [7, 11) is 0. The standard InChI is InChI=1S/C41H59ClO6.K/c1-6-9-17-33-32(14-8-3)38-35(34(18-10-7-2)37(33)47-40(45)30-15-12-11-13-16-30)23-24-41(48-38,28(4)5)25-26-46-31-21-19-29(20-22-31)27-36(42)39(43)44;/h19-22,28,30,36H,6-18,23-27H2,1-5H3,(H,43,44);/q;+1/p-1. The van der Waals surface area contributed by atoms with Crippen LogP contribution in [0.5, 0.6) is 17.2 Å². The average molecular weight is 721 g/mol. The normalized spacial score (nSPS) is 18.3. The summed E-state index contributed by atoms with van der Waals surface area (Å²) in [5.74, 6) is 1.60. The van der Waals surface area contributed by atoms with Crippen molar-refractivity contribution in [3.05, 3.63) is 52.1 Å². The van der Waals surface area contributed by atoms with Crippen LogP contribution in [-0.4, -0.2) is 29.5 Å². The van der Waals surface area contributed by atoms with E-state index < -0.39 is 11.3 Å². The van der Waals surface area contributed by atoms with E-state index in [1.165, 1.54) is 28.7 Å². The molecule has 4 rings (SSSR count). The number of carboxylic acid groups (broad SMARTS) is 1. The molecule has 1 aliphatic heterocycles. The van der Waals surface area contributed by atoms with Gasteiger partial charge in [0.15, 0.2) is 0 Å². The molecule has 2 aromatic carbocycles. The van der Waals surface area contributed by atoms with Crippen LogP contribution < -0.4 is 70.7 Å². The summed E-state index contributed by atoms with van der Waals surface area (Å²) in [4.78, 5) is 24.7. The Labute approximate surface area is 343 Å². The van der Waals surface area contributed by atoms with Gasteiger partial charge in [-0.15, -0.1) is 11.6 Å². The van der Waals surface area contributed by atoms with Gasteiger partial charge < -0.3 is 24.1 Å². The van der Waals surface area contributed by atoms with Crippen molar-refractivity contribution in [2.75, 3.05) is 6.61 Å². The number of hydrogen-bond acceptors (Lipinski definition) is 6. The van der Waals surface area contributed by atoms with Crippen LogP contribution >= 0.6 is 11.6 Å². The van der Waals surface area contributed by atoms with E-state index in [2.05, 4.69) is 34.6 Å². The molecule has 1 heterocycles. The zero-order chi connectivity index (χ0) is 34.7. The van der Waals surface area contributed by atoms with Gasteiger partial charge in [-0.3, -0.25) is 4.79 Å². The third-order valence-electron chi connectivity index (χ3n) is 10.6. The van der Waals surface area contributed by atoms with Crippen molar-refractivity contribution in [2.45, 2.75) is 155 Å². The van der Waals surface area contributed by atoms with E-state index in [4.69, 9.17) is 25.8 Å². The molecule has 0 aromatic heterocycles. The maximum absolute atomic E-state index is 13.7. The van der Waals surface area contributed by atoms with E-state index in [0.29, 0.717) is 6.61 Å². The van der Waals surface area contributed by atoms with Gasteiger partial charge >= 0.3 is 57.4 Å². The minimum Gasteiger partial charge on any atom is -0.549 e. The molecule has 0 radical (unpaired) electrons. The SMILES string of the molecule is CCCCc1c(CCC)c2c(c(CCCC)c1OC(=O)C1CCCCC1)CCC(CCOc1ccc(CC(Cl)C(=O)[O-])cc1)(C(C)C)O2.[K+]. The molecule has 1 aliphatic carbocycles. The molecule has 49 heavy (non-hydrogen) atoms. The van der Waals surface area contributed by atoms with Gasteiger partial charge in [-0.2, -0.15) is 0 Å². The third kappa shape index (κ3) is 11.2. The number of unbranched alkanes of at least 4 members (excludes halogenated alkanes) is 2. The molecule has 0 spiro atoms. The molecule has 1 saturated carbocycles. The molecule has 266 valence electrons. The number of hydrogen-bond donors (Lipinski definition) is 0. The number of ether oxygens (including phenoxy) is 3. The molecular formula is C41H58ClKO6. The molecule has 2 unspecified atom stereocenters. The van der Waals surface area contributed by atoms with Crippen LogP contribution in [0.25, 0.3) is 0 Å². The summed E-state index contributed by atoms with van der Waals surface area (Å²) < 4.78 is 20.1. The Morgan fingerprint density at radius 2 is 1.59 bits per heavy atom.